The van der Waals surface area contributed by atoms with E-state index in [1.54, 1.807) is 6.92 Å². The van der Waals surface area contributed by atoms with Gasteiger partial charge in [0, 0.05) is 41.0 Å². The zero-order valence-electron chi connectivity index (χ0n) is 10.2. The monoisotopic (exact) mass is 262 g/mol. The quantitative estimate of drug-likeness (QED) is 0.878. The van der Waals surface area contributed by atoms with Crippen LogP contribution in [0.5, 0.6) is 0 Å². The Labute approximate surface area is 111 Å². The van der Waals surface area contributed by atoms with Crippen molar-refractivity contribution in [2.75, 3.05) is 6.54 Å². The average molecular weight is 263 g/mol. The molecule has 1 saturated carbocycles. The van der Waals surface area contributed by atoms with Gasteiger partial charge in [0.05, 0.1) is 0 Å². The SMILES string of the molecule is CC(=O)NCC1(c2c[nH]c3ccc(Cl)cc23)CC1. The molecule has 1 aromatic carbocycles. The second-order valence-electron chi connectivity index (χ2n) is 5.08. The molecule has 1 fully saturated rings. The van der Waals surface area contributed by atoms with E-state index in [9.17, 15) is 4.79 Å². The summed E-state index contributed by atoms with van der Waals surface area (Å²) in [5.74, 6) is 0.0270. The molecule has 0 unspecified atom stereocenters. The standard InChI is InChI=1S/C14H15ClN2O/c1-9(18)17-8-14(4-5-14)12-7-16-13-3-2-10(15)6-11(12)13/h2-3,6-7,16H,4-5,8H2,1H3,(H,17,18). The maximum Gasteiger partial charge on any atom is 0.216 e. The summed E-state index contributed by atoms with van der Waals surface area (Å²) in [7, 11) is 0. The number of H-pyrrole nitrogens is 1. The van der Waals surface area contributed by atoms with Crippen molar-refractivity contribution in [1.82, 2.24) is 10.3 Å². The van der Waals surface area contributed by atoms with Gasteiger partial charge >= 0.3 is 0 Å². The van der Waals surface area contributed by atoms with Crippen LogP contribution in [0.4, 0.5) is 0 Å². The second-order valence-corrected chi connectivity index (χ2v) is 5.52. The number of halogens is 1. The zero-order valence-corrected chi connectivity index (χ0v) is 11.0. The molecular formula is C14H15ClN2O. The highest BCUT2D eigenvalue weighted by atomic mass is 35.5. The summed E-state index contributed by atoms with van der Waals surface area (Å²) in [6.07, 6.45) is 4.29. The van der Waals surface area contributed by atoms with Gasteiger partial charge in [-0.15, -0.1) is 0 Å². The van der Waals surface area contributed by atoms with E-state index in [-0.39, 0.29) is 11.3 Å². The summed E-state index contributed by atoms with van der Waals surface area (Å²) >= 11 is 6.06. The van der Waals surface area contributed by atoms with Crippen molar-refractivity contribution in [3.05, 3.63) is 35.0 Å². The first-order chi connectivity index (χ1) is 8.61. The topological polar surface area (TPSA) is 44.9 Å². The van der Waals surface area contributed by atoms with E-state index in [0.29, 0.717) is 6.54 Å². The molecule has 3 nitrogen and oxygen atoms in total. The Morgan fingerprint density at radius 2 is 2.28 bits per heavy atom. The van der Waals surface area contributed by atoms with Crippen LogP contribution in [0, 0.1) is 0 Å². The summed E-state index contributed by atoms with van der Waals surface area (Å²) < 4.78 is 0. The lowest BCUT2D eigenvalue weighted by Crippen LogP contribution is -2.30. The third-order valence-corrected chi connectivity index (χ3v) is 3.98. The molecule has 0 aliphatic heterocycles. The van der Waals surface area contributed by atoms with Crippen molar-refractivity contribution in [2.24, 2.45) is 0 Å². The Balaban J connectivity index is 1.99. The van der Waals surface area contributed by atoms with Gasteiger partial charge in [0.1, 0.15) is 0 Å². The van der Waals surface area contributed by atoms with E-state index in [2.05, 4.69) is 16.5 Å². The summed E-state index contributed by atoms with van der Waals surface area (Å²) in [5, 5.41) is 4.85. The van der Waals surface area contributed by atoms with Crippen LogP contribution >= 0.6 is 11.6 Å². The molecule has 94 valence electrons. The van der Waals surface area contributed by atoms with Gasteiger partial charge in [0.25, 0.3) is 0 Å². The summed E-state index contributed by atoms with van der Waals surface area (Å²) in [6, 6.07) is 5.88. The van der Waals surface area contributed by atoms with Gasteiger partial charge in [-0.3, -0.25) is 4.79 Å². The van der Waals surface area contributed by atoms with Gasteiger partial charge in [0.15, 0.2) is 0 Å². The fourth-order valence-electron chi connectivity index (χ4n) is 2.52. The first-order valence-corrected chi connectivity index (χ1v) is 6.50. The lowest BCUT2D eigenvalue weighted by molar-refractivity contribution is -0.119. The van der Waals surface area contributed by atoms with Crippen LogP contribution in [-0.2, 0) is 10.2 Å². The molecule has 0 radical (unpaired) electrons. The van der Waals surface area contributed by atoms with Gasteiger partial charge in [-0.2, -0.15) is 0 Å². The van der Waals surface area contributed by atoms with Gasteiger partial charge in [-0.25, -0.2) is 0 Å². The number of fused-ring (bicyclic) bond motifs is 1. The molecule has 2 aromatic rings. The van der Waals surface area contributed by atoms with Crippen LogP contribution in [0.1, 0.15) is 25.3 Å². The van der Waals surface area contributed by atoms with Crippen molar-refractivity contribution >= 4 is 28.4 Å². The lowest BCUT2D eigenvalue weighted by Gasteiger charge is -2.14. The lowest BCUT2D eigenvalue weighted by atomic mass is 9.95. The molecule has 1 aliphatic rings. The van der Waals surface area contributed by atoms with Gasteiger partial charge in [-0.05, 0) is 36.6 Å². The number of rotatable bonds is 3. The Kier molecular flexibility index (Phi) is 2.59. The molecule has 0 saturated heterocycles. The van der Waals surface area contributed by atoms with Crippen molar-refractivity contribution < 1.29 is 4.79 Å². The van der Waals surface area contributed by atoms with Crippen LogP contribution < -0.4 is 5.32 Å². The molecule has 1 aromatic heterocycles. The molecule has 2 N–H and O–H groups in total. The van der Waals surface area contributed by atoms with E-state index >= 15 is 0 Å². The number of aromatic nitrogens is 1. The first kappa shape index (κ1) is 11.6. The molecule has 0 bridgehead atoms. The second kappa shape index (κ2) is 4.02. The molecule has 4 heteroatoms. The number of carbonyl (C=O) groups is 1. The summed E-state index contributed by atoms with van der Waals surface area (Å²) in [6.45, 7) is 2.27. The maximum absolute atomic E-state index is 11.1. The number of amides is 1. The predicted molar refractivity (Wildman–Crippen MR) is 72.9 cm³/mol. The highest BCUT2D eigenvalue weighted by Crippen LogP contribution is 2.50. The molecule has 3 rings (SSSR count). The van der Waals surface area contributed by atoms with Crippen molar-refractivity contribution in [2.45, 2.75) is 25.2 Å². The number of nitrogens with one attached hydrogen (secondary N) is 2. The third-order valence-electron chi connectivity index (χ3n) is 3.74. The number of hydrogen-bond acceptors (Lipinski definition) is 1. The fraction of sp³-hybridized carbons (Fsp3) is 0.357. The van der Waals surface area contributed by atoms with E-state index < -0.39 is 0 Å². The van der Waals surface area contributed by atoms with Gasteiger partial charge in [0.2, 0.25) is 5.91 Å². The normalized spacial score (nSPS) is 16.8. The Morgan fingerprint density at radius 1 is 1.50 bits per heavy atom. The highest BCUT2D eigenvalue weighted by molar-refractivity contribution is 6.31. The minimum atomic E-state index is 0.0270. The van der Waals surface area contributed by atoms with E-state index in [1.807, 2.05) is 18.2 Å². The Bertz CT molecular complexity index is 613. The number of hydrogen-bond donors (Lipinski definition) is 2. The van der Waals surface area contributed by atoms with Crippen molar-refractivity contribution in [3.8, 4) is 0 Å². The third kappa shape index (κ3) is 1.89. The summed E-state index contributed by atoms with van der Waals surface area (Å²) in [4.78, 5) is 14.3. The van der Waals surface area contributed by atoms with Crippen molar-refractivity contribution in [3.63, 3.8) is 0 Å². The fourth-order valence-corrected chi connectivity index (χ4v) is 2.69. The smallest absolute Gasteiger partial charge is 0.216 e. The molecule has 18 heavy (non-hydrogen) atoms. The molecule has 1 heterocycles. The maximum atomic E-state index is 11.1. The Morgan fingerprint density at radius 3 is 2.94 bits per heavy atom. The minimum absolute atomic E-state index is 0.0270. The van der Waals surface area contributed by atoms with E-state index in [4.69, 9.17) is 11.6 Å². The minimum Gasteiger partial charge on any atom is -0.361 e. The summed E-state index contributed by atoms with van der Waals surface area (Å²) in [5.41, 5.74) is 2.48. The van der Waals surface area contributed by atoms with Crippen LogP contribution in [0.2, 0.25) is 5.02 Å². The largest absolute Gasteiger partial charge is 0.361 e. The number of carbonyl (C=O) groups excluding carboxylic acids is 1. The van der Waals surface area contributed by atoms with E-state index in [0.717, 1.165) is 23.4 Å². The van der Waals surface area contributed by atoms with Crippen LogP contribution in [-0.4, -0.2) is 17.4 Å². The molecule has 0 spiro atoms. The van der Waals surface area contributed by atoms with Crippen molar-refractivity contribution in [1.29, 1.82) is 0 Å². The Hall–Kier alpha value is -1.48. The van der Waals surface area contributed by atoms with Crippen LogP contribution in [0.3, 0.4) is 0 Å². The van der Waals surface area contributed by atoms with E-state index in [1.165, 1.54) is 10.9 Å². The first-order valence-electron chi connectivity index (χ1n) is 6.12. The van der Waals surface area contributed by atoms with Gasteiger partial charge < -0.3 is 10.3 Å². The average Bonchev–Trinajstić information content (AvgIpc) is 3.00. The number of aromatic amines is 1. The zero-order chi connectivity index (χ0) is 12.8. The van der Waals surface area contributed by atoms with Gasteiger partial charge in [-0.1, -0.05) is 11.6 Å². The van der Waals surface area contributed by atoms with Crippen LogP contribution in [0.15, 0.2) is 24.4 Å². The molecular weight excluding hydrogens is 248 g/mol. The van der Waals surface area contributed by atoms with Crippen LogP contribution in [0.25, 0.3) is 10.9 Å². The molecule has 1 aliphatic carbocycles. The highest BCUT2D eigenvalue weighted by Gasteiger charge is 2.45. The molecule has 1 amide bonds. The number of benzene rings is 1. The predicted octanol–water partition coefficient (Wildman–Crippen LogP) is 2.99. The molecule has 0 atom stereocenters.